The highest BCUT2D eigenvalue weighted by atomic mass is 16.7. The largest absolute Gasteiger partial charge is 0.400 e. The van der Waals surface area contributed by atoms with E-state index in [4.69, 9.17) is 4.84 Å². The average molecular weight is 152 g/mol. The van der Waals surface area contributed by atoms with Crippen LogP contribution in [0.4, 0.5) is 0 Å². The zero-order valence-electron chi connectivity index (χ0n) is 6.71. The first-order valence-corrected chi connectivity index (χ1v) is 4.02. The second-order valence-corrected chi connectivity index (χ2v) is 2.88. The molecule has 0 fully saturated rings. The van der Waals surface area contributed by atoms with Crippen LogP contribution < -0.4 is 4.84 Å². The number of rotatable bonds is 1. The summed E-state index contributed by atoms with van der Waals surface area (Å²) in [7, 11) is 1.65. The minimum atomic E-state index is 1.11. The number of aryl methyl sites for hydroxylation is 1. The van der Waals surface area contributed by atoms with Crippen molar-refractivity contribution >= 4 is 0 Å². The van der Waals surface area contributed by atoms with Gasteiger partial charge in [-0.15, -0.1) is 9.94 Å². The molecule has 1 heterocycles. The van der Waals surface area contributed by atoms with Crippen molar-refractivity contribution in [2.45, 2.75) is 25.7 Å². The van der Waals surface area contributed by atoms with Crippen LogP contribution in [0, 0.1) is 0 Å². The second-order valence-electron chi connectivity index (χ2n) is 2.88. The molecule has 0 unspecified atom stereocenters. The molecule has 11 heavy (non-hydrogen) atoms. The summed E-state index contributed by atoms with van der Waals surface area (Å²) in [6.07, 6.45) is 6.75. The monoisotopic (exact) mass is 152 g/mol. The Morgan fingerprint density at radius 2 is 2.27 bits per heavy atom. The summed E-state index contributed by atoms with van der Waals surface area (Å²) in [5.41, 5.74) is 2.62. The first kappa shape index (κ1) is 6.70. The third-order valence-electron chi connectivity index (χ3n) is 2.20. The molecule has 0 saturated heterocycles. The third kappa shape index (κ3) is 1.00. The minimum Gasteiger partial charge on any atom is -0.400 e. The molecule has 3 nitrogen and oxygen atoms in total. The van der Waals surface area contributed by atoms with Gasteiger partial charge in [0.15, 0.2) is 0 Å². The molecule has 0 aliphatic heterocycles. The van der Waals surface area contributed by atoms with E-state index in [1.165, 1.54) is 30.5 Å². The average Bonchev–Trinajstić information content (AvgIpc) is 2.47. The Morgan fingerprint density at radius 1 is 1.45 bits per heavy atom. The lowest BCUT2D eigenvalue weighted by molar-refractivity contribution is 0.125. The molecule has 0 atom stereocenters. The fraction of sp³-hybridized carbons (Fsp3) is 0.625. The number of hydrogen-bond donors (Lipinski definition) is 0. The van der Waals surface area contributed by atoms with Crippen molar-refractivity contribution in [2.24, 2.45) is 0 Å². The molecule has 1 aromatic heterocycles. The minimum absolute atomic E-state index is 1.11. The smallest absolute Gasteiger partial charge is 0.106 e. The van der Waals surface area contributed by atoms with Crippen LogP contribution in [0.5, 0.6) is 0 Å². The van der Waals surface area contributed by atoms with Gasteiger partial charge in [0.2, 0.25) is 0 Å². The normalized spacial score (nSPS) is 16.1. The standard InChI is InChI=1S/C8H12N2O/c1-11-10-8-5-3-2-4-7(8)6-9-10/h6H,2-5H2,1H3. The Kier molecular flexibility index (Phi) is 1.56. The molecule has 2 rings (SSSR count). The van der Waals surface area contributed by atoms with Crippen LogP contribution in [0.15, 0.2) is 6.20 Å². The van der Waals surface area contributed by atoms with Gasteiger partial charge in [-0.1, -0.05) is 0 Å². The molecule has 0 aromatic carbocycles. The van der Waals surface area contributed by atoms with Crippen LogP contribution in [0.25, 0.3) is 0 Å². The first-order chi connectivity index (χ1) is 5.42. The zero-order chi connectivity index (χ0) is 7.68. The molecule has 0 amide bonds. The van der Waals surface area contributed by atoms with E-state index in [-0.39, 0.29) is 0 Å². The number of aromatic nitrogens is 2. The Hall–Kier alpha value is -0.990. The summed E-state index contributed by atoms with van der Waals surface area (Å²) >= 11 is 0. The van der Waals surface area contributed by atoms with E-state index in [0.29, 0.717) is 0 Å². The first-order valence-electron chi connectivity index (χ1n) is 4.02. The van der Waals surface area contributed by atoms with Crippen molar-refractivity contribution in [1.82, 2.24) is 9.94 Å². The predicted octanol–water partition coefficient (Wildman–Crippen LogP) is 0.820. The van der Waals surface area contributed by atoms with Crippen molar-refractivity contribution < 1.29 is 4.84 Å². The van der Waals surface area contributed by atoms with Gasteiger partial charge in [-0.25, -0.2) is 0 Å². The van der Waals surface area contributed by atoms with Crippen LogP contribution >= 0.6 is 0 Å². The Bertz CT molecular complexity index is 241. The van der Waals surface area contributed by atoms with Crippen LogP contribution in [0.3, 0.4) is 0 Å². The summed E-state index contributed by atoms with van der Waals surface area (Å²) in [6.45, 7) is 0. The quantitative estimate of drug-likeness (QED) is 0.595. The maximum Gasteiger partial charge on any atom is 0.106 e. The molecule has 0 bridgehead atoms. The summed E-state index contributed by atoms with van der Waals surface area (Å²) < 4.78 is 0. The van der Waals surface area contributed by atoms with Crippen LogP contribution in [0.2, 0.25) is 0 Å². The van der Waals surface area contributed by atoms with E-state index in [0.717, 1.165) is 6.42 Å². The predicted molar refractivity (Wildman–Crippen MR) is 41.4 cm³/mol. The Balaban J connectivity index is 2.38. The summed E-state index contributed by atoms with van der Waals surface area (Å²) in [6, 6.07) is 0. The van der Waals surface area contributed by atoms with Gasteiger partial charge in [0.05, 0.1) is 11.9 Å². The van der Waals surface area contributed by atoms with Gasteiger partial charge >= 0.3 is 0 Å². The summed E-state index contributed by atoms with van der Waals surface area (Å²) in [5, 5.41) is 4.11. The number of fused-ring (bicyclic) bond motifs is 1. The Labute approximate surface area is 65.9 Å². The molecular formula is C8H12N2O. The molecule has 1 aromatic rings. The molecule has 0 N–H and O–H groups in total. The fourth-order valence-electron chi connectivity index (χ4n) is 1.62. The maximum absolute atomic E-state index is 5.06. The lowest BCUT2D eigenvalue weighted by Crippen LogP contribution is -2.14. The van der Waals surface area contributed by atoms with E-state index in [1.54, 1.807) is 12.0 Å². The molecule has 0 spiro atoms. The van der Waals surface area contributed by atoms with E-state index in [1.807, 2.05) is 6.20 Å². The summed E-state index contributed by atoms with van der Waals surface area (Å²) in [5.74, 6) is 0. The van der Waals surface area contributed by atoms with Gasteiger partial charge in [0.25, 0.3) is 0 Å². The van der Waals surface area contributed by atoms with Gasteiger partial charge in [-0.05, 0) is 31.2 Å². The Morgan fingerprint density at radius 3 is 3.09 bits per heavy atom. The van der Waals surface area contributed by atoms with E-state index >= 15 is 0 Å². The van der Waals surface area contributed by atoms with Gasteiger partial charge in [-0.2, -0.15) is 0 Å². The van der Waals surface area contributed by atoms with E-state index < -0.39 is 0 Å². The number of hydrogen-bond acceptors (Lipinski definition) is 2. The zero-order valence-corrected chi connectivity index (χ0v) is 6.71. The highest BCUT2D eigenvalue weighted by molar-refractivity contribution is 5.19. The molecule has 1 aliphatic carbocycles. The van der Waals surface area contributed by atoms with E-state index in [9.17, 15) is 0 Å². The molecule has 0 radical (unpaired) electrons. The highest BCUT2D eigenvalue weighted by Gasteiger charge is 2.14. The fourth-order valence-corrected chi connectivity index (χ4v) is 1.62. The van der Waals surface area contributed by atoms with Gasteiger partial charge in [0.1, 0.15) is 7.11 Å². The maximum atomic E-state index is 5.06. The summed E-state index contributed by atoms with van der Waals surface area (Å²) in [4.78, 5) is 6.69. The van der Waals surface area contributed by atoms with Crippen molar-refractivity contribution in [3.63, 3.8) is 0 Å². The molecule has 3 heteroatoms. The van der Waals surface area contributed by atoms with Crippen LogP contribution in [-0.2, 0) is 12.8 Å². The van der Waals surface area contributed by atoms with Crippen molar-refractivity contribution in [3.8, 4) is 0 Å². The van der Waals surface area contributed by atoms with Crippen LogP contribution in [-0.4, -0.2) is 17.1 Å². The van der Waals surface area contributed by atoms with Crippen molar-refractivity contribution in [3.05, 3.63) is 17.5 Å². The van der Waals surface area contributed by atoms with Gasteiger partial charge in [-0.3, -0.25) is 0 Å². The lowest BCUT2D eigenvalue weighted by atomic mass is 9.99. The third-order valence-corrected chi connectivity index (χ3v) is 2.20. The van der Waals surface area contributed by atoms with Gasteiger partial charge in [0, 0.05) is 0 Å². The van der Waals surface area contributed by atoms with Gasteiger partial charge < -0.3 is 4.84 Å². The lowest BCUT2D eigenvalue weighted by Gasteiger charge is -2.11. The molecule has 60 valence electrons. The SMILES string of the molecule is COn1ncc2c1CCCC2. The number of nitrogens with zero attached hydrogens (tertiary/aromatic N) is 2. The molecule has 0 saturated carbocycles. The van der Waals surface area contributed by atoms with Crippen LogP contribution in [0.1, 0.15) is 24.1 Å². The topological polar surface area (TPSA) is 27.1 Å². The molecular weight excluding hydrogens is 140 g/mol. The molecule has 1 aliphatic rings. The second kappa shape index (κ2) is 2.57. The highest BCUT2D eigenvalue weighted by Crippen LogP contribution is 2.19. The van der Waals surface area contributed by atoms with Crippen molar-refractivity contribution in [1.29, 1.82) is 0 Å². The van der Waals surface area contributed by atoms with Crippen molar-refractivity contribution in [2.75, 3.05) is 7.11 Å². The van der Waals surface area contributed by atoms with E-state index in [2.05, 4.69) is 5.10 Å².